The fourth-order valence-corrected chi connectivity index (χ4v) is 3.49. The molecule has 1 aromatic rings. The molecule has 1 aliphatic rings. The van der Waals surface area contributed by atoms with Crippen LogP contribution in [0.25, 0.3) is 0 Å². The van der Waals surface area contributed by atoms with Gasteiger partial charge in [0.2, 0.25) is 0 Å². The minimum atomic E-state index is -0.491. The molecule has 0 aromatic heterocycles. The molecule has 0 aliphatic heterocycles. The molecule has 1 nitrogen and oxygen atoms in total. The molecule has 1 atom stereocenters. The maximum atomic E-state index is 13.4. The Morgan fingerprint density at radius 1 is 1.17 bits per heavy atom. The Balaban J connectivity index is 2.37. The monoisotopic (exact) mass is 253 g/mol. The molecule has 0 bridgehead atoms. The predicted molar refractivity (Wildman–Crippen MR) is 69.4 cm³/mol. The summed E-state index contributed by atoms with van der Waals surface area (Å²) in [5.41, 5.74) is 0.883. The summed E-state index contributed by atoms with van der Waals surface area (Å²) in [4.78, 5) is 0. The third-order valence-electron chi connectivity index (χ3n) is 4.42. The van der Waals surface area contributed by atoms with Crippen molar-refractivity contribution >= 4 is 0 Å². The molecule has 1 unspecified atom stereocenters. The lowest BCUT2D eigenvalue weighted by Crippen LogP contribution is -2.34. The predicted octanol–water partition coefficient (Wildman–Crippen LogP) is 4.20. The van der Waals surface area contributed by atoms with Crippen LogP contribution in [0.1, 0.15) is 50.6 Å². The second kappa shape index (κ2) is 5.35. The number of nitrogens with one attached hydrogen (secondary N) is 1. The van der Waals surface area contributed by atoms with Gasteiger partial charge in [-0.15, -0.1) is 0 Å². The molecule has 0 amide bonds. The van der Waals surface area contributed by atoms with Crippen LogP contribution in [-0.4, -0.2) is 7.05 Å². The molecule has 100 valence electrons. The van der Waals surface area contributed by atoms with Crippen LogP contribution >= 0.6 is 0 Å². The SMILES string of the molecule is CCC1(C(NC)c2cc(F)cc(F)c2)CCCC1. The lowest BCUT2D eigenvalue weighted by atomic mass is 9.73. The van der Waals surface area contributed by atoms with Crippen LogP contribution in [0.15, 0.2) is 18.2 Å². The van der Waals surface area contributed by atoms with Gasteiger partial charge in [-0.25, -0.2) is 8.78 Å². The first kappa shape index (κ1) is 13.5. The molecule has 0 heterocycles. The number of benzene rings is 1. The summed E-state index contributed by atoms with van der Waals surface area (Å²) in [7, 11) is 1.88. The molecule has 0 spiro atoms. The Kier molecular flexibility index (Phi) is 4.00. The maximum Gasteiger partial charge on any atom is 0.126 e. The smallest absolute Gasteiger partial charge is 0.126 e. The van der Waals surface area contributed by atoms with Crippen LogP contribution in [-0.2, 0) is 0 Å². The highest BCUT2D eigenvalue weighted by Gasteiger charge is 2.40. The van der Waals surface area contributed by atoms with Crippen LogP contribution in [0.4, 0.5) is 8.78 Å². The van der Waals surface area contributed by atoms with Crippen LogP contribution in [0.3, 0.4) is 0 Å². The average Bonchev–Trinajstić information content (AvgIpc) is 2.78. The lowest BCUT2D eigenvalue weighted by Gasteiger charge is -2.37. The van der Waals surface area contributed by atoms with Crippen molar-refractivity contribution in [3.8, 4) is 0 Å². The van der Waals surface area contributed by atoms with Crippen molar-refractivity contribution in [2.75, 3.05) is 7.05 Å². The summed E-state index contributed by atoms with van der Waals surface area (Å²) in [6, 6.07) is 3.89. The molecule has 18 heavy (non-hydrogen) atoms. The Hall–Kier alpha value is -0.960. The first-order chi connectivity index (χ1) is 8.61. The molecule has 0 saturated heterocycles. The summed E-state index contributed by atoms with van der Waals surface area (Å²) < 4.78 is 26.7. The zero-order valence-corrected chi connectivity index (χ0v) is 11.1. The number of hydrogen-bond donors (Lipinski definition) is 1. The van der Waals surface area contributed by atoms with Crippen LogP contribution in [0.5, 0.6) is 0 Å². The van der Waals surface area contributed by atoms with Crippen molar-refractivity contribution in [2.45, 2.75) is 45.1 Å². The van der Waals surface area contributed by atoms with Gasteiger partial charge >= 0.3 is 0 Å². The zero-order chi connectivity index (χ0) is 13.2. The van der Waals surface area contributed by atoms with Gasteiger partial charge in [0.1, 0.15) is 11.6 Å². The Morgan fingerprint density at radius 3 is 2.17 bits per heavy atom. The van der Waals surface area contributed by atoms with E-state index >= 15 is 0 Å². The van der Waals surface area contributed by atoms with Crippen molar-refractivity contribution < 1.29 is 8.78 Å². The van der Waals surface area contributed by atoms with E-state index in [1.165, 1.54) is 25.0 Å². The largest absolute Gasteiger partial charge is 0.313 e. The van der Waals surface area contributed by atoms with Gasteiger partial charge in [-0.1, -0.05) is 19.8 Å². The summed E-state index contributed by atoms with van der Waals surface area (Å²) in [5, 5.41) is 3.27. The van der Waals surface area contributed by atoms with Gasteiger partial charge in [0, 0.05) is 12.1 Å². The first-order valence-corrected chi connectivity index (χ1v) is 6.74. The third kappa shape index (κ3) is 2.41. The summed E-state index contributed by atoms with van der Waals surface area (Å²) >= 11 is 0. The molecule has 3 heteroatoms. The highest BCUT2D eigenvalue weighted by atomic mass is 19.1. The normalized spacial score (nSPS) is 20.0. The number of hydrogen-bond acceptors (Lipinski definition) is 1. The summed E-state index contributed by atoms with van der Waals surface area (Å²) in [6.45, 7) is 2.17. The average molecular weight is 253 g/mol. The molecule has 1 saturated carbocycles. The maximum absolute atomic E-state index is 13.4. The first-order valence-electron chi connectivity index (χ1n) is 6.74. The van der Waals surface area contributed by atoms with E-state index < -0.39 is 11.6 Å². The highest BCUT2D eigenvalue weighted by Crippen LogP contribution is 2.49. The zero-order valence-electron chi connectivity index (χ0n) is 11.1. The van der Waals surface area contributed by atoms with E-state index in [9.17, 15) is 8.78 Å². The Bertz CT molecular complexity index is 391. The topological polar surface area (TPSA) is 12.0 Å². The molecule has 1 aliphatic carbocycles. The Labute approximate surface area is 108 Å². The molecule has 1 fully saturated rings. The van der Waals surface area contributed by atoms with Crippen molar-refractivity contribution in [1.82, 2.24) is 5.32 Å². The fraction of sp³-hybridized carbons (Fsp3) is 0.600. The molecular formula is C15H21F2N. The van der Waals surface area contributed by atoms with Crippen molar-refractivity contribution in [1.29, 1.82) is 0 Å². The molecule has 2 rings (SSSR count). The van der Waals surface area contributed by atoms with E-state index in [4.69, 9.17) is 0 Å². The van der Waals surface area contributed by atoms with Crippen molar-refractivity contribution in [3.05, 3.63) is 35.4 Å². The summed E-state index contributed by atoms with van der Waals surface area (Å²) in [6.07, 6.45) is 5.73. The van der Waals surface area contributed by atoms with Gasteiger partial charge in [-0.2, -0.15) is 0 Å². The van der Waals surface area contributed by atoms with Gasteiger partial charge in [0.15, 0.2) is 0 Å². The van der Waals surface area contributed by atoms with Gasteiger partial charge in [0.05, 0.1) is 0 Å². The van der Waals surface area contributed by atoms with Gasteiger partial charge in [-0.3, -0.25) is 0 Å². The van der Waals surface area contributed by atoms with E-state index in [1.54, 1.807) is 0 Å². The van der Waals surface area contributed by atoms with Gasteiger partial charge in [0.25, 0.3) is 0 Å². The number of halogens is 2. The van der Waals surface area contributed by atoms with Gasteiger partial charge in [-0.05, 0) is 49.4 Å². The van der Waals surface area contributed by atoms with Crippen molar-refractivity contribution in [3.63, 3.8) is 0 Å². The van der Waals surface area contributed by atoms with Crippen LogP contribution in [0.2, 0.25) is 0 Å². The quantitative estimate of drug-likeness (QED) is 0.848. The fourth-order valence-electron chi connectivity index (χ4n) is 3.49. The lowest BCUT2D eigenvalue weighted by molar-refractivity contribution is 0.194. The highest BCUT2D eigenvalue weighted by molar-refractivity contribution is 5.24. The summed E-state index contributed by atoms with van der Waals surface area (Å²) in [5.74, 6) is -0.982. The molecule has 0 radical (unpaired) electrons. The van der Waals surface area contributed by atoms with E-state index in [-0.39, 0.29) is 11.5 Å². The molecule has 1 N–H and O–H groups in total. The van der Waals surface area contributed by atoms with E-state index in [2.05, 4.69) is 12.2 Å². The number of rotatable bonds is 4. The van der Waals surface area contributed by atoms with Crippen molar-refractivity contribution in [2.24, 2.45) is 5.41 Å². The minimum Gasteiger partial charge on any atom is -0.313 e. The van der Waals surface area contributed by atoms with E-state index in [0.717, 1.165) is 30.9 Å². The standard InChI is InChI=1S/C15H21F2N/c1-3-15(6-4-5-7-15)14(18-2)11-8-12(16)10-13(17)9-11/h8-10,14,18H,3-7H2,1-2H3. The van der Waals surface area contributed by atoms with Crippen LogP contribution < -0.4 is 5.32 Å². The molecular weight excluding hydrogens is 232 g/mol. The molecule has 1 aromatic carbocycles. The third-order valence-corrected chi connectivity index (χ3v) is 4.42. The van der Waals surface area contributed by atoms with Crippen LogP contribution in [0, 0.1) is 17.0 Å². The second-order valence-corrected chi connectivity index (χ2v) is 5.35. The van der Waals surface area contributed by atoms with E-state index in [0.29, 0.717) is 0 Å². The van der Waals surface area contributed by atoms with Gasteiger partial charge < -0.3 is 5.32 Å². The minimum absolute atomic E-state index is 0.0372. The second-order valence-electron chi connectivity index (χ2n) is 5.35. The van der Waals surface area contributed by atoms with E-state index in [1.807, 2.05) is 7.05 Å². The Morgan fingerprint density at radius 2 is 1.72 bits per heavy atom.